The molecule has 1 saturated carbocycles. The fraction of sp³-hybridized carbons (Fsp3) is 0.667. The van der Waals surface area contributed by atoms with Crippen molar-refractivity contribution >= 4 is 5.91 Å². The van der Waals surface area contributed by atoms with Crippen molar-refractivity contribution in [2.75, 3.05) is 6.79 Å². The Labute approximate surface area is 151 Å². The number of carbonyl (C=O) groups excluding carboxylic acids is 1. The first-order valence-electron chi connectivity index (χ1n) is 9.96. The fourth-order valence-corrected chi connectivity index (χ4v) is 3.90. The molecule has 4 nitrogen and oxygen atoms in total. The zero-order chi connectivity index (χ0) is 17.5. The van der Waals surface area contributed by atoms with E-state index in [1.54, 1.807) is 0 Å². The Kier molecular flexibility index (Phi) is 6.60. The van der Waals surface area contributed by atoms with Gasteiger partial charge in [-0.05, 0) is 37.0 Å². The topological polar surface area (TPSA) is 38.8 Å². The predicted octanol–water partition coefficient (Wildman–Crippen LogP) is 5.05. The van der Waals surface area contributed by atoms with Crippen LogP contribution in [-0.4, -0.2) is 23.6 Å². The molecule has 138 valence electrons. The van der Waals surface area contributed by atoms with Gasteiger partial charge in [-0.1, -0.05) is 51.5 Å². The van der Waals surface area contributed by atoms with Gasteiger partial charge in [0.15, 0.2) is 11.5 Å². The Bertz CT molecular complexity index is 566. The van der Waals surface area contributed by atoms with Crippen LogP contribution in [0.25, 0.3) is 0 Å². The summed E-state index contributed by atoms with van der Waals surface area (Å²) < 4.78 is 10.9. The second-order valence-corrected chi connectivity index (χ2v) is 7.31. The van der Waals surface area contributed by atoms with Crippen LogP contribution < -0.4 is 9.47 Å². The number of unbranched alkanes of at least 4 members (excludes halogenated alkanes) is 3. The van der Waals surface area contributed by atoms with E-state index in [9.17, 15) is 4.79 Å². The van der Waals surface area contributed by atoms with E-state index in [4.69, 9.17) is 9.47 Å². The molecule has 1 amide bonds. The van der Waals surface area contributed by atoms with Crippen LogP contribution >= 0.6 is 0 Å². The summed E-state index contributed by atoms with van der Waals surface area (Å²) in [4.78, 5) is 15.1. The number of hydrogen-bond acceptors (Lipinski definition) is 3. The zero-order valence-corrected chi connectivity index (χ0v) is 15.5. The van der Waals surface area contributed by atoms with Gasteiger partial charge in [-0.25, -0.2) is 0 Å². The van der Waals surface area contributed by atoms with Crippen molar-refractivity contribution in [1.29, 1.82) is 0 Å². The van der Waals surface area contributed by atoms with Gasteiger partial charge in [0, 0.05) is 19.0 Å². The number of amides is 1. The molecule has 25 heavy (non-hydrogen) atoms. The van der Waals surface area contributed by atoms with Gasteiger partial charge < -0.3 is 14.4 Å². The molecule has 1 heterocycles. The lowest BCUT2D eigenvalue weighted by molar-refractivity contribution is -0.135. The molecule has 0 aromatic heterocycles. The highest BCUT2D eigenvalue weighted by molar-refractivity contribution is 5.76. The molecule has 0 spiro atoms. The smallest absolute Gasteiger partial charge is 0.231 e. The quantitative estimate of drug-likeness (QED) is 0.619. The van der Waals surface area contributed by atoms with Crippen molar-refractivity contribution in [3.8, 4) is 11.5 Å². The molecule has 1 aliphatic heterocycles. The lowest BCUT2D eigenvalue weighted by atomic mass is 9.93. The van der Waals surface area contributed by atoms with Crippen LogP contribution in [0.3, 0.4) is 0 Å². The van der Waals surface area contributed by atoms with E-state index in [0.717, 1.165) is 42.7 Å². The summed E-state index contributed by atoms with van der Waals surface area (Å²) in [5.74, 6) is 1.93. The van der Waals surface area contributed by atoms with Crippen molar-refractivity contribution in [3.05, 3.63) is 23.8 Å². The predicted molar refractivity (Wildman–Crippen MR) is 98.7 cm³/mol. The molecule has 3 rings (SSSR count). The monoisotopic (exact) mass is 345 g/mol. The van der Waals surface area contributed by atoms with Crippen molar-refractivity contribution < 1.29 is 14.3 Å². The second kappa shape index (κ2) is 9.12. The standard InChI is InChI=1S/C21H31NO3/c1-2-3-4-8-11-21(23)22(18-9-6-5-7-10-18)15-17-12-13-19-20(14-17)25-16-24-19/h12-14,18H,2-11,15-16H2,1H3. The molecule has 1 aromatic rings. The molecular formula is C21H31NO3. The van der Waals surface area contributed by atoms with Crippen LogP contribution in [0.2, 0.25) is 0 Å². The molecule has 0 saturated heterocycles. The maximum absolute atomic E-state index is 12.9. The van der Waals surface area contributed by atoms with E-state index < -0.39 is 0 Å². The van der Waals surface area contributed by atoms with Gasteiger partial charge in [0.05, 0.1) is 0 Å². The van der Waals surface area contributed by atoms with Gasteiger partial charge in [-0.15, -0.1) is 0 Å². The van der Waals surface area contributed by atoms with E-state index in [-0.39, 0.29) is 0 Å². The number of hydrogen-bond donors (Lipinski definition) is 0. The Morgan fingerprint density at radius 1 is 1.08 bits per heavy atom. The van der Waals surface area contributed by atoms with E-state index in [2.05, 4.69) is 17.9 Å². The van der Waals surface area contributed by atoms with Gasteiger partial charge in [0.1, 0.15) is 0 Å². The number of benzene rings is 1. The zero-order valence-electron chi connectivity index (χ0n) is 15.5. The molecule has 0 radical (unpaired) electrons. The first-order chi connectivity index (χ1) is 12.3. The third-order valence-electron chi connectivity index (χ3n) is 5.37. The fourth-order valence-electron chi connectivity index (χ4n) is 3.90. The maximum Gasteiger partial charge on any atom is 0.231 e. The number of rotatable bonds is 8. The van der Waals surface area contributed by atoms with Crippen LogP contribution in [-0.2, 0) is 11.3 Å². The minimum absolute atomic E-state index is 0.293. The summed E-state index contributed by atoms with van der Waals surface area (Å²) in [7, 11) is 0. The van der Waals surface area contributed by atoms with Crippen molar-refractivity contribution in [2.45, 2.75) is 83.7 Å². The van der Waals surface area contributed by atoms with Crippen molar-refractivity contribution in [2.24, 2.45) is 0 Å². The van der Waals surface area contributed by atoms with Gasteiger partial charge in [0.2, 0.25) is 12.7 Å². The SMILES string of the molecule is CCCCCCC(=O)N(Cc1ccc2c(c1)OCO2)C1CCCCC1. The number of carbonyl (C=O) groups is 1. The highest BCUT2D eigenvalue weighted by Crippen LogP contribution is 2.33. The van der Waals surface area contributed by atoms with Crippen LogP contribution in [0.15, 0.2) is 18.2 Å². The highest BCUT2D eigenvalue weighted by Gasteiger charge is 2.26. The highest BCUT2D eigenvalue weighted by atomic mass is 16.7. The molecule has 0 atom stereocenters. The lowest BCUT2D eigenvalue weighted by Gasteiger charge is -2.34. The van der Waals surface area contributed by atoms with Crippen LogP contribution in [0.4, 0.5) is 0 Å². The van der Waals surface area contributed by atoms with Crippen LogP contribution in [0.1, 0.15) is 76.7 Å². The molecule has 1 aliphatic carbocycles. The minimum Gasteiger partial charge on any atom is -0.454 e. The molecule has 1 fully saturated rings. The number of ether oxygens (including phenoxy) is 2. The van der Waals surface area contributed by atoms with Crippen LogP contribution in [0, 0.1) is 0 Å². The van der Waals surface area contributed by atoms with E-state index in [1.165, 1.54) is 32.1 Å². The summed E-state index contributed by atoms with van der Waals surface area (Å²) in [5, 5.41) is 0. The molecule has 4 heteroatoms. The lowest BCUT2D eigenvalue weighted by Crippen LogP contribution is -2.40. The van der Waals surface area contributed by atoms with Crippen LogP contribution in [0.5, 0.6) is 11.5 Å². The van der Waals surface area contributed by atoms with E-state index in [1.807, 2.05) is 12.1 Å². The number of nitrogens with zero attached hydrogens (tertiary/aromatic N) is 1. The second-order valence-electron chi connectivity index (χ2n) is 7.31. The van der Waals surface area contributed by atoms with Gasteiger partial charge in [0.25, 0.3) is 0 Å². The third-order valence-corrected chi connectivity index (χ3v) is 5.37. The molecule has 0 bridgehead atoms. The Hall–Kier alpha value is -1.71. The van der Waals surface area contributed by atoms with Crippen molar-refractivity contribution in [3.63, 3.8) is 0 Å². The summed E-state index contributed by atoms with van der Waals surface area (Å²) >= 11 is 0. The first kappa shape index (κ1) is 18.1. The molecule has 2 aliphatic rings. The summed E-state index contributed by atoms with van der Waals surface area (Å²) in [6, 6.07) is 6.46. The van der Waals surface area contributed by atoms with Gasteiger partial charge in [-0.2, -0.15) is 0 Å². The normalized spacial score (nSPS) is 16.8. The maximum atomic E-state index is 12.9. The van der Waals surface area contributed by atoms with Gasteiger partial charge in [-0.3, -0.25) is 4.79 Å². The van der Waals surface area contributed by atoms with Crippen molar-refractivity contribution in [1.82, 2.24) is 4.90 Å². The average Bonchev–Trinajstić information content (AvgIpc) is 3.11. The van der Waals surface area contributed by atoms with E-state index >= 15 is 0 Å². The average molecular weight is 345 g/mol. The van der Waals surface area contributed by atoms with E-state index in [0.29, 0.717) is 31.7 Å². The molecule has 0 N–H and O–H groups in total. The third kappa shape index (κ3) is 4.90. The summed E-state index contributed by atoms with van der Waals surface area (Å²) in [5.41, 5.74) is 1.14. The molecule has 0 unspecified atom stereocenters. The summed E-state index contributed by atoms with van der Waals surface area (Å²) in [6.45, 7) is 3.19. The Balaban J connectivity index is 1.66. The number of fused-ring (bicyclic) bond motifs is 1. The summed E-state index contributed by atoms with van der Waals surface area (Å²) in [6.07, 6.45) is 11.4. The largest absolute Gasteiger partial charge is 0.454 e. The molecule has 1 aromatic carbocycles. The Morgan fingerprint density at radius 3 is 2.68 bits per heavy atom. The molecular weight excluding hydrogens is 314 g/mol. The minimum atomic E-state index is 0.293. The van der Waals surface area contributed by atoms with Gasteiger partial charge >= 0.3 is 0 Å². The Morgan fingerprint density at radius 2 is 1.88 bits per heavy atom. The first-order valence-corrected chi connectivity index (χ1v) is 9.96.